The van der Waals surface area contributed by atoms with E-state index >= 15 is 0 Å². The highest BCUT2D eigenvalue weighted by Gasteiger charge is 2.55. The smallest absolute Gasteiger partial charge is 0.313 e. The van der Waals surface area contributed by atoms with Gasteiger partial charge in [0.05, 0.1) is 42.7 Å². The number of nitrogens with zero attached hydrogens (tertiary/aromatic N) is 1. The highest BCUT2D eigenvalue weighted by atomic mass is 33.1. The van der Waals surface area contributed by atoms with Crippen molar-refractivity contribution in [1.82, 2.24) is 4.98 Å². The van der Waals surface area contributed by atoms with Crippen molar-refractivity contribution in [3.63, 3.8) is 0 Å². The van der Waals surface area contributed by atoms with Crippen LogP contribution in [0, 0.1) is 22.7 Å². The molecule has 6 N–H and O–H groups in total. The maximum absolute atomic E-state index is 14.5. The Morgan fingerprint density at radius 3 is 2.29 bits per heavy atom. The fourth-order valence-electron chi connectivity index (χ4n) is 6.27. The number of esters is 2. The highest BCUT2D eigenvalue weighted by Crippen LogP contribution is 2.53. The number of aromatic nitrogens is 1. The first-order valence-electron chi connectivity index (χ1n) is 18.1. The normalized spacial score (nSPS) is 29.2. The van der Waals surface area contributed by atoms with Crippen molar-refractivity contribution in [2.75, 3.05) is 37.9 Å². The summed E-state index contributed by atoms with van der Waals surface area (Å²) in [6, 6.07) is 5.64. The minimum Gasteiger partial charge on any atom is -0.465 e. The van der Waals surface area contributed by atoms with Gasteiger partial charge in [0.2, 0.25) is 0 Å². The number of rotatable bonds is 19. The molecule has 1 aromatic heterocycles. The summed E-state index contributed by atoms with van der Waals surface area (Å²) in [5.41, 5.74) is -2.10. The topological polar surface area (TPSA) is 215 Å². The van der Waals surface area contributed by atoms with Crippen molar-refractivity contribution in [3.8, 4) is 0 Å². The Bertz CT molecular complexity index is 1380. The summed E-state index contributed by atoms with van der Waals surface area (Å²) in [6.45, 7) is 11.4. The van der Waals surface area contributed by atoms with E-state index in [-0.39, 0.29) is 19.4 Å². The van der Waals surface area contributed by atoms with Crippen LogP contribution in [0.5, 0.6) is 0 Å². The molecule has 55 heavy (non-hydrogen) atoms. The lowest BCUT2D eigenvalue weighted by molar-refractivity contribution is -0.352. The number of carbonyl (C=O) groups excluding carboxylic acids is 2. The summed E-state index contributed by atoms with van der Waals surface area (Å²) >= 11 is 8.47. The second-order valence-corrected chi connectivity index (χ2v) is 21.5. The largest absolute Gasteiger partial charge is 0.465 e. The second-order valence-electron chi connectivity index (χ2n) is 14.9. The number of pyridine rings is 1. The fourth-order valence-corrected chi connectivity index (χ4v) is 11.2. The van der Waals surface area contributed by atoms with E-state index in [0.717, 1.165) is 10.8 Å². The zero-order valence-corrected chi connectivity index (χ0v) is 36.4. The number of hydrogen-bond donors (Lipinski definition) is 6. The number of carbonyl (C=O) groups is 2. The Kier molecular flexibility index (Phi) is 19.4. The number of thiocarbonyl (C=S) groups is 1. The van der Waals surface area contributed by atoms with Crippen LogP contribution in [0.2, 0.25) is 0 Å². The van der Waals surface area contributed by atoms with Crippen molar-refractivity contribution < 1.29 is 63.9 Å². The van der Waals surface area contributed by atoms with E-state index in [1.54, 1.807) is 20.0 Å². The van der Waals surface area contributed by atoms with Crippen LogP contribution in [0.4, 0.5) is 0 Å². The van der Waals surface area contributed by atoms with Crippen molar-refractivity contribution in [2.45, 2.75) is 120 Å². The lowest BCUT2D eigenvalue weighted by atomic mass is 9.63. The van der Waals surface area contributed by atoms with E-state index in [1.165, 1.54) is 45.1 Å². The van der Waals surface area contributed by atoms with Gasteiger partial charge in [0, 0.05) is 23.1 Å². The lowest BCUT2D eigenvalue weighted by Gasteiger charge is -2.47. The van der Waals surface area contributed by atoms with E-state index < -0.39 is 108 Å². The minimum absolute atomic E-state index is 0.163. The van der Waals surface area contributed by atoms with E-state index in [4.69, 9.17) is 35.9 Å². The van der Waals surface area contributed by atoms with Crippen molar-refractivity contribution >= 4 is 72.8 Å². The molecule has 3 rings (SSSR count). The van der Waals surface area contributed by atoms with Crippen molar-refractivity contribution in [2.24, 2.45) is 22.7 Å². The van der Waals surface area contributed by atoms with Crippen LogP contribution in [-0.4, -0.2) is 143 Å². The molecule has 2 fully saturated rings. The average Bonchev–Trinajstić information content (AvgIpc) is 3.13. The zero-order chi connectivity index (χ0) is 41.1. The van der Waals surface area contributed by atoms with Gasteiger partial charge in [-0.25, -0.2) is 4.98 Å². The predicted molar refractivity (Wildman–Crippen MR) is 217 cm³/mol. The molecule has 2 aliphatic rings. The molecular weight excluding hydrogens is 815 g/mol. The van der Waals surface area contributed by atoms with Gasteiger partial charge in [-0.1, -0.05) is 56.8 Å². The molecule has 0 aromatic carbocycles. The molecular formula is C36H57NO13S5. The maximum Gasteiger partial charge on any atom is 0.313 e. The Balaban J connectivity index is 1.79. The molecule has 314 valence electrons. The molecule has 0 radical (unpaired) electrons. The highest BCUT2D eigenvalue weighted by molar-refractivity contribution is 8.76. The van der Waals surface area contributed by atoms with E-state index in [9.17, 15) is 40.2 Å². The molecule has 0 aliphatic carbocycles. The molecule has 0 amide bonds. The van der Waals surface area contributed by atoms with Gasteiger partial charge >= 0.3 is 11.9 Å². The van der Waals surface area contributed by atoms with E-state index in [0.29, 0.717) is 9.28 Å². The molecule has 11 atom stereocenters. The Hall–Kier alpha value is -0.780. The van der Waals surface area contributed by atoms with Gasteiger partial charge in [-0.3, -0.25) is 9.59 Å². The average molecular weight is 872 g/mol. The first kappa shape index (κ1) is 48.6. The summed E-state index contributed by atoms with van der Waals surface area (Å²) < 4.78 is 28.7. The van der Waals surface area contributed by atoms with Gasteiger partial charge < -0.3 is 54.3 Å². The number of aliphatic hydroxyl groups is 6. The monoisotopic (exact) mass is 871 g/mol. The van der Waals surface area contributed by atoms with Gasteiger partial charge in [0.15, 0.2) is 12.6 Å². The Labute approximate surface area is 345 Å². The van der Waals surface area contributed by atoms with Crippen LogP contribution < -0.4 is 0 Å². The Morgan fingerprint density at radius 2 is 1.67 bits per heavy atom. The molecule has 1 aromatic rings. The van der Waals surface area contributed by atoms with Gasteiger partial charge in [-0.05, 0) is 61.3 Å². The molecule has 19 heteroatoms. The van der Waals surface area contributed by atoms with E-state index in [1.807, 2.05) is 52.8 Å². The van der Waals surface area contributed by atoms with Crippen molar-refractivity contribution in [1.29, 1.82) is 0 Å². The fraction of sp³-hybridized carbons (Fsp3) is 0.778. The van der Waals surface area contributed by atoms with Gasteiger partial charge in [-0.15, -0.1) is 23.5 Å². The van der Waals surface area contributed by atoms with Gasteiger partial charge in [-0.2, -0.15) is 0 Å². The van der Waals surface area contributed by atoms with Crippen LogP contribution in [0.1, 0.15) is 61.3 Å². The number of ether oxygens (including phenoxy) is 5. The van der Waals surface area contributed by atoms with Crippen LogP contribution in [-0.2, 0) is 33.3 Å². The van der Waals surface area contributed by atoms with Gasteiger partial charge in [0.25, 0.3) is 0 Å². The summed E-state index contributed by atoms with van der Waals surface area (Å²) in [6.07, 6.45) is -9.26. The molecule has 0 saturated carbocycles. The van der Waals surface area contributed by atoms with Crippen LogP contribution in [0.3, 0.4) is 0 Å². The van der Waals surface area contributed by atoms with E-state index in [2.05, 4.69) is 4.98 Å². The quantitative estimate of drug-likeness (QED) is 0.0509. The van der Waals surface area contributed by atoms with Gasteiger partial charge in [0.1, 0.15) is 46.2 Å². The summed E-state index contributed by atoms with van der Waals surface area (Å²) in [7, 11) is 3.01. The SMILES string of the molecule is CCSC(=S)SC(C)(C)C(C)(CC(C)(C)C(C)C(=O)OCCSSc1ccccn1)C(=O)OCC1C(OC2CC(O)C(O)C(CO)O2)OC(CO)C(O)C1O. The van der Waals surface area contributed by atoms with Crippen LogP contribution in [0.25, 0.3) is 0 Å². The second kappa shape index (κ2) is 22.0. The summed E-state index contributed by atoms with van der Waals surface area (Å²) in [5, 5.41) is 62.8. The van der Waals surface area contributed by atoms with Crippen LogP contribution in [0.15, 0.2) is 29.4 Å². The zero-order valence-electron chi connectivity index (χ0n) is 32.3. The number of aliphatic hydroxyl groups excluding tert-OH is 6. The third-order valence-electron chi connectivity index (χ3n) is 10.3. The Morgan fingerprint density at radius 1 is 1.00 bits per heavy atom. The molecule has 2 saturated heterocycles. The molecule has 2 aliphatic heterocycles. The number of thioether (sulfide) groups is 2. The number of hydrogen-bond acceptors (Lipinski definition) is 19. The standard InChI is InChI=1S/C36H57NO13S5/c1-8-52-33(51)54-35(5,6)36(7,19-34(3,4)20(2)30(44)46-13-14-53-55-25-11-9-10-12-37-25)32(45)47-18-21-27(41)29(43)24(17-39)49-31(21)50-26-15-22(40)28(42)23(16-38)48-26/h9-12,20-24,26-29,31,38-43H,8,13-19H2,1-7H3. The molecule has 0 spiro atoms. The molecule has 14 nitrogen and oxygen atoms in total. The van der Waals surface area contributed by atoms with Crippen molar-refractivity contribution in [3.05, 3.63) is 24.4 Å². The third-order valence-corrected chi connectivity index (χ3v) is 15.4. The minimum atomic E-state index is -1.59. The summed E-state index contributed by atoms with van der Waals surface area (Å²) in [5.74, 6) is -1.62. The molecule has 11 unspecified atom stereocenters. The van der Waals surface area contributed by atoms with Crippen LogP contribution >= 0.6 is 57.3 Å². The predicted octanol–water partition coefficient (Wildman–Crippen LogP) is 3.42. The summed E-state index contributed by atoms with van der Waals surface area (Å²) in [4.78, 5) is 32.1. The first-order valence-corrected chi connectivity index (χ1v) is 22.6. The first-order chi connectivity index (χ1) is 25.8. The molecule has 3 heterocycles. The third kappa shape index (κ3) is 13.1. The molecule has 0 bridgehead atoms. The lowest BCUT2D eigenvalue weighted by Crippen LogP contribution is -2.60. The maximum atomic E-state index is 14.5.